The first-order valence-corrected chi connectivity index (χ1v) is 9.72. The lowest BCUT2D eigenvalue weighted by Gasteiger charge is -2.41. The molecule has 4 nitrogen and oxygen atoms in total. The topological polar surface area (TPSA) is 36.4 Å². The minimum absolute atomic E-state index is 0.0648. The molecule has 0 bridgehead atoms. The number of aromatic nitrogens is 1. The van der Waals surface area contributed by atoms with Crippen molar-refractivity contribution in [1.29, 1.82) is 0 Å². The van der Waals surface area contributed by atoms with Crippen LogP contribution in [0, 0.1) is 0 Å². The molecule has 0 aromatic carbocycles. The quantitative estimate of drug-likeness (QED) is 0.794. The molecule has 2 saturated heterocycles. The van der Waals surface area contributed by atoms with Crippen molar-refractivity contribution in [2.75, 3.05) is 26.2 Å². The second-order valence-electron chi connectivity index (χ2n) is 6.60. The van der Waals surface area contributed by atoms with Crippen molar-refractivity contribution in [2.45, 2.75) is 55.3 Å². The molecule has 0 N–H and O–H groups in total. The molecule has 23 heavy (non-hydrogen) atoms. The van der Waals surface area contributed by atoms with Crippen LogP contribution in [0.5, 0.6) is 0 Å². The smallest absolute Gasteiger partial charge is 0.235 e. The van der Waals surface area contributed by atoms with E-state index >= 15 is 0 Å². The maximum absolute atomic E-state index is 12.8. The van der Waals surface area contributed by atoms with Crippen LogP contribution >= 0.6 is 11.8 Å². The third-order valence-electron chi connectivity index (χ3n) is 4.90. The first kappa shape index (κ1) is 16.8. The molecule has 1 amide bonds. The van der Waals surface area contributed by atoms with Crippen LogP contribution in [-0.4, -0.2) is 58.2 Å². The standard InChI is InChI=1S/C18H27N3OS/c1-15(23-17-9-3-4-10-19-17)18(22)21-13-7-8-16(14-21)20-11-5-2-6-12-20/h3-4,9-10,15-16H,2,5-8,11-14H2,1H3/t15-,16-/m1/s1. The Kier molecular flexibility index (Phi) is 5.95. The van der Waals surface area contributed by atoms with E-state index in [2.05, 4.69) is 14.8 Å². The number of carbonyl (C=O) groups excluding carboxylic acids is 1. The van der Waals surface area contributed by atoms with Gasteiger partial charge in [0, 0.05) is 25.3 Å². The molecule has 2 aliphatic heterocycles. The zero-order chi connectivity index (χ0) is 16.1. The molecule has 1 aromatic rings. The van der Waals surface area contributed by atoms with Gasteiger partial charge in [0.25, 0.3) is 0 Å². The van der Waals surface area contributed by atoms with Gasteiger partial charge >= 0.3 is 0 Å². The van der Waals surface area contributed by atoms with Crippen molar-refractivity contribution in [3.8, 4) is 0 Å². The summed E-state index contributed by atoms with van der Waals surface area (Å²) in [5, 5.41) is 0.864. The summed E-state index contributed by atoms with van der Waals surface area (Å²) in [6, 6.07) is 6.42. The largest absolute Gasteiger partial charge is 0.340 e. The summed E-state index contributed by atoms with van der Waals surface area (Å²) < 4.78 is 0. The van der Waals surface area contributed by atoms with E-state index in [1.54, 1.807) is 18.0 Å². The number of hydrogen-bond acceptors (Lipinski definition) is 4. The van der Waals surface area contributed by atoms with Crippen molar-refractivity contribution in [3.63, 3.8) is 0 Å². The number of amides is 1. The lowest BCUT2D eigenvalue weighted by molar-refractivity contribution is -0.132. The Hall–Kier alpha value is -1.07. The average Bonchev–Trinajstić information content (AvgIpc) is 2.63. The van der Waals surface area contributed by atoms with Crippen LogP contribution in [0.4, 0.5) is 0 Å². The molecule has 0 saturated carbocycles. The number of hydrogen-bond donors (Lipinski definition) is 0. The Balaban J connectivity index is 1.55. The second kappa shape index (κ2) is 8.15. The van der Waals surface area contributed by atoms with Gasteiger partial charge in [-0.15, -0.1) is 0 Å². The molecule has 0 radical (unpaired) electrons. The van der Waals surface area contributed by atoms with Gasteiger partial charge in [-0.2, -0.15) is 0 Å². The second-order valence-corrected chi connectivity index (χ2v) is 7.97. The highest BCUT2D eigenvalue weighted by molar-refractivity contribution is 8.00. The maximum Gasteiger partial charge on any atom is 0.235 e. The van der Waals surface area contributed by atoms with Crippen LogP contribution in [0.2, 0.25) is 0 Å². The molecule has 1 aromatic heterocycles. The van der Waals surface area contributed by atoms with E-state index in [-0.39, 0.29) is 11.2 Å². The highest BCUT2D eigenvalue weighted by Crippen LogP contribution is 2.25. The van der Waals surface area contributed by atoms with Gasteiger partial charge in [-0.3, -0.25) is 9.69 Å². The summed E-state index contributed by atoms with van der Waals surface area (Å²) in [6.07, 6.45) is 8.16. The summed E-state index contributed by atoms with van der Waals surface area (Å²) in [6.45, 7) is 6.25. The third-order valence-corrected chi connectivity index (χ3v) is 5.94. The summed E-state index contributed by atoms with van der Waals surface area (Å²) in [5.41, 5.74) is 0. The van der Waals surface area contributed by atoms with Crippen molar-refractivity contribution in [1.82, 2.24) is 14.8 Å². The van der Waals surface area contributed by atoms with E-state index < -0.39 is 0 Å². The highest BCUT2D eigenvalue weighted by Gasteiger charge is 2.30. The van der Waals surface area contributed by atoms with E-state index in [0.717, 1.165) is 24.5 Å². The molecule has 2 fully saturated rings. The Morgan fingerprint density at radius 1 is 1.22 bits per heavy atom. The number of thioether (sulfide) groups is 1. The monoisotopic (exact) mass is 333 g/mol. The van der Waals surface area contributed by atoms with Gasteiger partial charge in [0.1, 0.15) is 0 Å². The van der Waals surface area contributed by atoms with E-state index in [1.165, 1.54) is 38.8 Å². The summed E-state index contributed by atoms with van der Waals surface area (Å²) in [7, 11) is 0. The van der Waals surface area contributed by atoms with E-state index in [9.17, 15) is 4.79 Å². The molecule has 2 atom stereocenters. The fourth-order valence-corrected chi connectivity index (χ4v) is 4.53. The molecule has 0 aliphatic carbocycles. The average molecular weight is 334 g/mol. The fourth-order valence-electron chi connectivity index (χ4n) is 3.64. The van der Waals surface area contributed by atoms with Gasteiger partial charge < -0.3 is 4.90 Å². The first-order chi connectivity index (χ1) is 11.2. The first-order valence-electron chi connectivity index (χ1n) is 8.84. The zero-order valence-electron chi connectivity index (χ0n) is 14.0. The van der Waals surface area contributed by atoms with Crippen LogP contribution < -0.4 is 0 Å². The van der Waals surface area contributed by atoms with E-state index in [4.69, 9.17) is 0 Å². The number of rotatable bonds is 4. The minimum atomic E-state index is -0.0648. The SMILES string of the molecule is C[C@@H](Sc1ccccn1)C(=O)N1CCC[C@@H](N2CCCCC2)C1. The van der Waals surface area contributed by atoms with Gasteiger partial charge in [0.05, 0.1) is 10.3 Å². The van der Waals surface area contributed by atoms with Crippen LogP contribution in [-0.2, 0) is 4.79 Å². The molecule has 3 heterocycles. The summed E-state index contributed by atoms with van der Waals surface area (Å²) in [4.78, 5) is 21.8. The normalized spacial score (nSPS) is 24.4. The third kappa shape index (κ3) is 4.48. The Morgan fingerprint density at radius 3 is 2.78 bits per heavy atom. The van der Waals surface area contributed by atoms with Crippen molar-refractivity contribution < 1.29 is 4.79 Å². The predicted octanol–water partition coefficient (Wildman–Crippen LogP) is 3.04. The zero-order valence-corrected chi connectivity index (χ0v) is 14.8. The van der Waals surface area contributed by atoms with Crippen molar-refractivity contribution in [3.05, 3.63) is 24.4 Å². The molecule has 126 valence electrons. The molecule has 0 spiro atoms. The number of pyridine rings is 1. The van der Waals surface area contributed by atoms with Gasteiger partial charge in [0.2, 0.25) is 5.91 Å². The Bertz CT molecular complexity index is 504. The fraction of sp³-hybridized carbons (Fsp3) is 0.667. The lowest BCUT2D eigenvalue weighted by Crippen LogP contribution is -2.52. The van der Waals surface area contributed by atoms with Gasteiger partial charge in [-0.05, 0) is 57.8 Å². The molecule has 3 rings (SSSR count). The van der Waals surface area contributed by atoms with Gasteiger partial charge in [-0.25, -0.2) is 4.98 Å². The predicted molar refractivity (Wildman–Crippen MR) is 94.6 cm³/mol. The van der Waals surface area contributed by atoms with Gasteiger partial charge in [-0.1, -0.05) is 24.2 Å². The van der Waals surface area contributed by atoms with Crippen molar-refractivity contribution >= 4 is 17.7 Å². The Morgan fingerprint density at radius 2 is 2.04 bits per heavy atom. The van der Waals surface area contributed by atoms with Crippen LogP contribution in [0.25, 0.3) is 0 Å². The number of likely N-dealkylation sites (tertiary alicyclic amines) is 2. The highest BCUT2D eigenvalue weighted by atomic mass is 32.2. The number of carbonyl (C=O) groups is 1. The maximum atomic E-state index is 12.8. The lowest BCUT2D eigenvalue weighted by atomic mass is 10.0. The minimum Gasteiger partial charge on any atom is -0.340 e. The van der Waals surface area contributed by atoms with Crippen molar-refractivity contribution in [2.24, 2.45) is 0 Å². The molecule has 0 unspecified atom stereocenters. The summed E-state index contributed by atoms with van der Waals surface area (Å²) >= 11 is 1.57. The van der Waals surface area contributed by atoms with Crippen LogP contribution in [0.15, 0.2) is 29.4 Å². The summed E-state index contributed by atoms with van der Waals surface area (Å²) in [5.74, 6) is 0.266. The molecular formula is C18H27N3OS. The number of piperidine rings is 2. The number of nitrogens with zero attached hydrogens (tertiary/aromatic N) is 3. The van der Waals surface area contributed by atoms with Crippen LogP contribution in [0.1, 0.15) is 39.0 Å². The van der Waals surface area contributed by atoms with E-state index in [1.807, 2.05) is 25.1 Å². The van der Waals surface area contributed by atoms with Gasteiger partial charge in [0.15, 0.2) is 0 Å². The van der Waals surface area contributed by atoms with Crippen LogP contribution in [0.3, 0.4) is 0 Å². The Labute approximate surface area is 143 Å². The molecule has 2 aliphatic rings. The molecule has 5 heteroatoms. The molecular weight excluding hydrogens is 306 g/mol. The van der Waals surface area contributed by atoms with E-state index in [0.29, 0.717) is 6.04 Å².